The molecule has 0 spiro atoms. The standard InChI is InChI=1S/C28H27Cl2N3O3/c1-20-17-22(29)8-11-26(20)36-19-27(34)31-23-9-10-25(24(30)18-23)32-13-15-33(16-14-32)28(35)12-7-21-5-3-2-4-6-21/h2-12,17-18H,13-16,19H2,1H3,(H,31,34)/b12-7+. The highest BCUT2D eigenvalue weighted by Gasteiger charge is 2.21. The minimum absolute atomic E-state index is 0.00123. The number of carbonyl (C=O) groups excluding carboxylic acids is 2. The maximum Gasteiger partial charge on any atom is 0.262 e. The molecule has 0 bridgehead atoms. The van der Waals surface area contributed by atoms with Gasteiger partial charge in [0.2, 0.25) is 5.91 Å². The number of benzene rings is 3. The van der Waals surface area contributed by atoms with Gasteiger partial charge in [0.1, 0.15) is 5.75 Å². The van der Waals surface area contributed by atoms with Crippen LogP contribution < -0.4 is 15.0 Å². The number of aryl methyl sites for hydroxylation is 1. The number of ether oxygens (including phenoxy) is 1. The summed E-state index contributed by atoms with van der Waals surface area (Å²) in [7, 11) is 0. The van der Waals surface area contributed by atoms with Crippen LogP contribution in [0.3, 0.4) is 0 Å². The second-order valence-electron chi connectivity index (χ2n) is 8.47. The Labute approximate surface area is 221 Å². The Morgan fingerprint density at radius 3 is 2.42 bits per heavy atom. The van der Waals surface area contributed by atoms with Crippen LogP contribution in [0, 0.1) is 6.92 Å². The molecule has 1 heterocycles. The Kier molecular flexibility index (Phi) is 8.52. The van der Waals surface area contributed by atoms with E-state index in [9.17, 15) is 9.59 Å². The summed E-state index contributed by atoms with van der Waals surface area (Å²) >= 11 is 12.5. The zero-order valence-electron chi connectivity index (χ0n) is 19.9. The van der Waals surface area contributed by atoms with Gasteiger partial charge < -0.3 is 19.9 Å². The smallest absolute Gasteiger partial charge is 0.262 e. The van der Waals surface area contributed by atoms with Gasteiger partial charge in [0.05, 0.1) is 10.7 Å². The number of piperazine rings is 1. The summed E-state index contributed by atoms with van der Waals surface area (Å²) in [6.45, 7) is 4.29. The fourth-order valence-electron chi connectivity index (χ4n) is 3.96. The predicted octanol–water partition coefficient (Wildman–Crippen LogP) is 5.68. The molecule has 0 aliphatic carbocycles. The number of hydrogen-bond acceptors (Lipinski definition) is 4. The van der Waals surface area contributed by atoms with Gasteiger partial charge in [-0.05, 0) is 60.5 Å². The highest BCUT2D eigenvalue weighted by atomic mass is 35.5. The second-order valence-corrected chi connectivity index (χ2v) is 9.31. The normalized spacial score (nSPS) is 13.6. The van der Waals surface area contributed by atoms with Crippen molar-refractivity contribution in [2.45, 2.75) is 6.92 Å². The molecular weight excluding hydrogens is 497 g/mol. The number of anilines is 2. The maximum absolute atomic E-state index is 12.5. The first-order valence-corrected chi connectivity index (χ1v) is 12.4. The summed E-state index contributed by atoms with van der Waals surface area (Å²) in [5, 5.41) is 3.96. The summed E-state index contributed by atoms with van der Waals surface area (Å²) in [6.07, 6.45) is 3.45. The molecule has 2 amide bonds. The van der Waals surface area contributed by atoms with Gasteiger partial charge in [-0.1, -0.05) is 53.5 Å². The van der Waals surface area contributed by atoms with E-state index in [2.05, 4.69) is 10.2 Å². The van der Waals surface area contributed by atoms with Crippen molar-refractivity contribution in [3.05, 3.63) is 94.0 Å². The first kappa shape index (κ1) is 25.6. The molecule has 0 unspecified atom stereocenters. The molecule has 3 aromatic rings. The second kappa shape index (κ2) is 12.0. The molecule has 1 aliphatic heterocycles. The first-order valence-electron chi connectivity index (χ1n) is 11.6. The van der Waals surface area contributed by atoms with E-state index < -0.39 is 0 Å². The van der Waals surface area contributed by atoms with E-state index in [1.165, 1.54) is 0 Å². The Balaban J connectivity index is 1.28. The zero-order chi connectivity index (χ0) is 25.5. The quantitative estimate of drug-likeness (QED) is 0.404. The summed E-state index contributed by atoms with van der Waals surface area (Å²) in [5.74, 6) is 0.318. The van der Waals surface area contributed by atoms with E-state index in [-0.39, 0.29) is 18.4 Å². The number of rotatable bonds is 7. The van der Waals surface area contributed by atoms with Crippen molar-refractivity contribution in [2.24, 2.45) is 0 Å². The van der Waals surface area contributed by atoms with Crippen LogP contribution in [0.2, 0.25) is 10.0 Å². The SMILES string of the molecule is Cc1cc(Cl)ccc1OCC(=O)Nc1ccc(N2CCN(C(=O)/C=C/c3ccccc3)CC2)c(Cl)c1. The van der Waals surface area contributed by atoms with Crippen molar-refractivity contribution in [3.63, 3.8) is 0 Å². The summed E-state index contributed by atoms with van der Waals surface area (Å²) in [4.78, 5) is 28.9. The molecule has 0 atom stereocenters. The van der Waals surface area contributed by atoms with Crippen LogP contribution in [-0.4, -0.2) is 49.5 Å². The first-order chi connectivity index (χ1) is 17.4. The molecule has 3 aromatic carbocycles. The molecule has 36 heavy (non-hydrogen) atoms. The van der Waals surface area contributed by atoms with Crippen molar-refractivity contribution in [2.75, 3.05) is 43.0 Å². The number of hydrogen-bond donors (Lipinski definition) is 1. The number of amides is 2. The van der Waals surface area contributed by atoms with Gasteiger partial charge in [-0.3, -0.25) is 9.59 Å². The summed E-state index contributed by atoms with van der Waals surface area (Å²) < 4.78 is 5.60. The molecule has 0 saturated carbocycles. The Bertz CT molecular complexity index is 1260. The lowest BCUT2D eigenvalue weighted by Gasteiger charge is -2.36. The third kappa shape index (κ3) is 6.80. The van der Waals surface area contributed by atoms with E-state index in [4.69, 9.17) is 27.9 Å². The van der Waals surface area contributed by atoms with Gasteiger partial charge in [-0.2, -0.15) is 0 Å². The minimum atomic E-state index is -0.288. The van der Waals surface area contributed by atoms with Crippen molar-refractivity contribution in [1.29, 1.82) is 0 Å². The van der Waals surface area contributed by atoms with Crippen LogP contribution in [0.4, 0.5) is 11.4 Å². The highest BCUT2D eigenvalue weighted by Crippen LogP contribution is 2.30. The molecule has 1 saturated heterocycles. The van der Waals surface area contributed by atoms with E-state index in [1.807, 2.05) is 60.4 Å². The molecule has 1 N–H and O–H groups in total. The Morgan fingerprint density at radius 1 is 0.972 bits per heavy atom. The van der Waals surface area contributed by atoms with E-state index >= 15 is 0 Å². The molecule has 0 radical (unpaired) electrons. The molecule has 186 valence electrons. The van der Waals surface area contributed by atoms with Gasteiger partial charge in [0.15, 0.2) is 6.61 Å². The molecule has 8 heteroatoms. The zero-order valence-corrected chi connectivity index (χ0v) is 21.4. The van der Waals surface area contributed by atoms with Crippen LogP contribution in [0.5, 0.6) is 5.75 Å². The molecule has 1 fully saturated rings. The summed E-state index contributed by atoms with van der Waals surface area (Å²) in [6, 6.07) is 20.4. The van der Waals surface area contributed by atoms with Crippen molar-refractivity contribution >= 4 is 52.5 Å². The van der Waals surface area contributed by atoms with E-state index in [0.717, 1.165) is 16.8 Å². The molecular formula is C28H27Cl2N3O3. The average Bonchev–Trinajstić information content (AvgIpc) is 2.87. The van der Waals surface area contributed by atoms with Gasteiger partial charge in [0.25, 0.3) is 5.91 Å². The van der Waals surface area contributed by atoms with Gasteiger partial charge >= 0.3 is 0 Å². The van der Waals surface area contributed by atoms with Crippen LogP contribution in [0.1, 0.15) is 11.1 Å². The Morgan fingerprint density at radius 2 is 1.72 bits per heavy atom. The van der Waals surface area contributed by atoms with Crippen LogP contribution in [0.25, 0.3) is 6.08 Å². The number of nitrogens with one attached hydrogen (secondary N) is 1. The van der Waals surface area contributed by atoms with Crippen molar-refractivity contribution in [3.8, 4) is 5.75 Å². The molecule has 4 rings (SSSR count). The average molecular weight is 524 g/mol. The largest absolute Gasteiger partial charge is 0.483 e. The third-order valence-electron chi connectivity index (χ3n) is 5.88. The minimum Gasteiger partial charge on any atom is -0.483 e. The highest BCUT2D eigenvalue weighted by molar-refractivity contribution is 6.33. The lowest BCUT2D eigenvalue weighted by molar-refractivity contribution is -0.126. The third-order valence-corrected chi connectivity index (χ3v) is 6.41. The van der Waals surface area contributed by atoms with Crippen molar-refractivity contribution < 1.29 is 14.3 Å². The van der Waals surface area contributed by atoms with Gasteiger partial charge in [0, 0.05) is 43.0 Å². The lowest BCUT2D eigenvalue weighted by Crippen LogP contribution is -2.48. The van der Waals surface area contributed by atoms with Crippen LogP contribution in [-0.2, 0) is 9.59 Å². The fourth-order valence-corrected chi connectivity index (χ4v) is 4.49. The monoisotopic (exact) mass is 523 g/mol. The van der Waals surface area contributed by atoms with Gasteiger partial charge in [-0.25, -0.2) is 0 Å². The van der Waals surface area contributed by atoms with Gasteiger partial charge in [-0.15, -0.1) is 0 Å². The number of halogens is 2. The van der Waals surface area contributed by atoms with Crippen LogP contribution >= 0.6 is 23.2 Å². The summed E-state index contributed by atoms with van der Waals surface area (Å²) in [5.41, 5.74) is 3.31. The molecule has 0 aromatic heterocycles. The molecule has 1 aliphatic rings. The van der Waals surface area contributed by atoms with Crippen molar-refractivity contribution in [1.82, 2.24) is 4.90 Å². The fraction of sp³-hybridized carbons (Fsp3) is 0.214. The number of nitrogens with zero attached hydrogens (tertiary/aromatic N) is 2. The maximum atomic E-state index is 12.5. The topological polar surface area (TPSA) is 61.9 Å². The number of carbonyl (C=O) groups is 2. The Hall–Kier alpha value is -3.48. The lowest BCUT2D eigenvalue weighted by atomic mass is 10.2. The van der Waals surface area contributed by atoms with E-state index in [0.29, 0.717) is 47.7 Å². The van der Waals surface area contributed by atoms with E-state index in [1.54, 1.807) is 30.3 Å². The molecule has 6 nitrogen and oxygen atoms in total. The van der Waals surface area contributed by atoms with Crippen LogP contribution in [0.15, 0.2) is 72.8 Å². The predicted molar refractivity (Wildman–Crippen MR) is 146 cm³/mol.